The van der Waals surface area contributed by atoms with Gasteiger partial charge in [-0.15, -0.1) is 0 Å². The van der Waals surface area contributed by atoms with Crippen molar-refractivity contribution >= 4 is 56.3 Å². The first-order valence-corrected chi connectivity index (χ1v) is 8.49. The molecular formula is C16H15BrIN3O. The molecule has 0 fully saturated rings. The molecule has 0 aliphatic heterocycles. The first-order chi connectivity index (χ1) is 10.5. The number of hydrogen-bond acceptors (Lipinski definition) is 3. The van der Waals surface area contributed by atoms with Crippen molar-refractivity contribution in [2.45, 2.75) is 6.92 Å². The average Bonchev–Trinajstić information content (AvgIpc) is 2.46. The number of hydrazone groups is 1. The van der Waals surface area contributed by atoms with Gasteiger partial charge in [0.1, 0.15) is 0 Å². The maximum Gasteiger partial charge on any atom is 0.259 e. The zero-order valence-electron chi connectivity index (χ0n) is 11.9. The molecule has 0 unspecified atom stereocenters. The number of rotatable bonds is 5. The largest absolute Gasteiger partial charge is 0.376 e. The molecule has 6 heteroatoms. The summed E-state index contributed by atoms with van der Waals surface area (Å²) in [7, 11) is 0. The van der Waals surface area contributed by atoms with Crippen molar-refractivity contribution in [2.75, 3.05) is 11.9 Å². The van der Waals surface area contributed by atoms with Crippen LogP contribution in [0.4, 0.5) is 5.69 Å². The number of nitrogens with one attached hydrogen (secondary N) is 2. The van der Waals surface area contributed by atoms with Gasteiger partial charge in [-0.3, -0.25) is 4.79 Å². The lowest BCUT2D eigenvalue weighted by Crippen LogP contribution is -2.26. The van der Waals surface area contributed by atoms with E-state index < -0.39 is 0 Å². The van der Waals surface area contributed by atoms with Crippen molar-refractivity contribution < 1.29 is 4.79 Å². The van der Waals surface area contributed by atoms with E-state index in [1.165, 1.54) is 3.57 Å². The van der Waals surface area contributed by atoms with Gasteiger partial charge in [-0.05, 0) is 71.0 Å². The zero-order chi connectivity index (χ0) is 15.9. The maximum atomic E-state index is 11.8. The highest BCUT2D eigenvalue weighted by molar-refractivity contribution is 14.1. The predicted molar refractivity (Wildman–Crippen MR) is 102 cm³/mol. The van der Waals surface area contributed by atoms with Gasteiger partial charge in [-0.25, -0.2) is 5.43 Å². The summed E-state index contributed by atoms with van der Waals surface area (Å²) in [6.45, 7) is 2.19. The summed E-state index contributed by atoms with van der Waals surface area (Å²) in [6.07, 6.45) is 1.61. The molecular weight excluding hydrogens is 457 g/mol. The Morgan fingerprint density at radius 2 is 2.14 bits per heavy atom. The van der Waals surface area contributed by atoms with Crippen LogP contribution in [0.15, 0.2) is 52.0 Å². The molecule has 2 N–H and O–H groups in total. The molecule has 0 saturated carbocycles. The standard InChI is InChI=1S/C16H15BrIN3O/c1-11-7-14(18)5-6-15(11)19-10-16(22)21-20-9-12-3-2-4-13(17)8-12/h2-9,19H,10H2,1H3,(H,21,22). The van der Waals surface area contributed by atoms with Crippen LogP contribution in [0.25, 0.3) is 0 Å². The molecule has 0 heterocycles. The fourth-order valence-corrected chi connectivity index (χ4v) is 2.87. The van der Waals surface area contributed by atoms with Crippen molar-refractivity contribution in [1.82, 2.24) is 5.43 Å². The van der Waals surface area contributed by atoms with E-state index in [-0.39, 0.29) is 12.5 Å². The molecule has 114 valence electrons. The van der Waals surface area contributed by atoms with Gasteiger partial charge in [-0.1, -0.05) is 28.1 Å². The van der Waals surface area contributed by atoms with E-state index in [0.29, 0.717) is 0 Å². The number of amides is 1. The lowest BCUT2D eigenvalue weighted by atomic mass is 10.2. The fourth-order valence-electron chi connectivity index (χ4n) is 1.81. The van der Waals surface area contributed by atoms with Crippen LogP contribution in [0.1, 0.15) is 11.1 Å². The second kappa shape index (κ2) is 8.28. The molecule has 1 amide bonds. The Hall–Kier alpha value is -1.41. The van der Waals surface area contributed by atoms with Crippen LogP contribution in [0.3, 0.4) is 0 Å². The van der Waals surface area contributed by atoms with Crippen LogP contribution < -0.4 is 10.7 Å². The van der Waals surface area contributed by atoms with Crippen molar-refractivity contribution in [3.05, 3.63) is 61.6 Å². The van der Waals surface area contributed by atoms with Gasteiger partial charge in [-0.2, -0.15) is 5.10 Å². The Labute approximate surface area is 151 Å². The van der Waals surface area contributed by atoms with Gasteiger partial charge in [0.25, 0.3) is 5.91 Å². The normalized spacial score (nSPS) is 10.7. The molecule has 0 aliphatic carbocycles. The first kappa shape index (κ1) is 17.0. The van der Waals surface area contributed by atoms with E-state index >= 15 is 0 Å². The Bertz CT molecular complexity index is 704. The minimum Gasteiger partial charge on any atom is -0.376 e. The highest BCUT2D eigenvalue weighted by atomic mass is 127. The molecule has 0 aliphatic rings. The van der Waals surface area contributed by atoms with Crippen LogP contribution in [0.2, 0.25) is 0 Å². The van der Waals surface area contributed by atoms with E-state index in [9.17, 15) is 4.79 Å². The highest BCUT2D eigenvalue weighted by Gasteiger charge is 2.02. The summed E-state index contributed by atoms with van der Waals surface area (Å²) < 4.78 is 2.14. The smallest absolute Gasteiger partial charge is 0.259 e. The minimum absolute atomic E-state index is 0.178. The molecule has 2 rings (SSSR count). The summed E-state index contributed by atoms with van der Waals surface area (Å²) in [5.41, 5.74) is 5.48. The fraction of sp³-hybridized carbons (Fsp3) is 0.125. The topological polar surface area (TPSA) is 53.5 Å². The van der Waals surface area contributed by atoms with E-state index in [1.807, 2.05) is 43.3 Å². The quantitative estimate of drug-likeness (QED) is 0.394. The molecule has 0 aromatic heterocycles. The van der Waals surface area contributed by atoms with Gasteiger partial charge in [0.15, 0.2) is 0 Å². The summed E-state index contributed by atoms with van der Waals surface area (Å²) in [5, 5.41) is 7.05. The van der Waals surface area contributed by atoms with Crippen molar-refractivity contribution in [3.63, 3.8) is 0 Å². The number of benzene rings is 2. The van der Waals surface area contributed by atoms with E-state index in [0.717, 1.165) is 21.3 Å². The minimum atomic E-state index is -0.191. The second-order valence-electron chi connectivity index (χ2n) is 4.66. The highest BCUT2D eigenvalue weighted by Crippen LogP contribution is 2.17. The number of hydrogen-bond donors (Lipinski definition) is 2. The molecule has 2 aromatic rings. The number of nitrogens with zero attached hydrogens (tertiary/aromatic N) is 1. The lowest BCUT2D eigenvalue weighted by molar-refractivity contribution is -0.119. The first-order valence-electron chi connectivity index (χ1n) is 6.62. The second-order valence-corrected chi connectivity index (χ2v) is 6.82. The molecule has 2 aromatic carbocycles. The summed E-state index contributed by atoms with van der Waals surface area (Å²) in [5.74, 6) is -0.191. The van der Waals surface area contributed by atoms with Crippen LogP contribution in [-0.4, -0.2) is 18.7 Å². The van der Waals surface area contributed by atoms with Crippen LogP contribution in [-0.2, 0) is 4.79 Å². The Morgan fingerprint density at radius 3 is 2.86 bits per heavy atom. The molecule has 0 spiro atoms. The van der Waals surface area contributed by atoms with Crippen LogP contribution in [0, 0.1) is 10.5 Å². The third kappa shape index (κ3) is 5.42. The van der Waals surface area contributed by atoms with E-state index in [1.54, 1.807) is 6.21 Å². The lowest BCUT2D eigenvalue weighted by Gasteiger charge is -2.08. The van der Waals surface area contributed by atoms with Gasteiger partial charge in [0.2, 0.25) is 0 Å². The molecule has 0 saturated heterocycles. The monoisotopic (exact) mass is 471 g/mol. The van der Waals surface area contributed by atoms with Crippen LogP contribution in [0.5, 0.6) is 0 Å². The van der Waals surface area contributed by atoms with Crippen molar-refractivity contribution in [2.24, 2.45) is 5.10 Å². The zero-order valence-corrected chi connectivity index (χ0v) is 15.7. The SMILES string of the molecule is Cc1cc(I)ccc1NCC(=O)NN=Cc1cccc(Br)c1. The van der Waals surface area contributed by atoms with Gasteiger partial charge < -0.3 is 5.32 Å². The Kier molecular flexibility index (Phi) is 6.38. The number of carbonyl (C=O) groups excluding carboxylic acids is 1. The Morgan fingerprint density at radius 1 is 1.32 bits per heavy atom. The summed E-state index contributed by atoms with van der Waals surface area (Å²) in [4.78, 5) is 11.8. The molecule has 0 bridgehead atoms. The Balaban J connectivity index is 1.83. The number of halogens is 2. The van der Waals surface area contributed by atoms with Crippen molar-refractivity contribution in [3.8, 4) is 0 Å². The maximum absolute atomic E-state index is 11.8. The van der Waals surface area contributed by atoms with E-state index in [2.05, 4.69) is 60.4 Å². The third-order valence-corrected chi connectivity index (χ3v) is 4.04. The molecule has 0 radical (unpaired) electrons. The molecule has 4 nitrogen and oxygen atoms in total. The molecule has 0 atom stereocenters. The van der Waals surface area contributed by atoms with E-state index in [4.69, 9.17) is 0 Å². The van der Waals surface area contributed by atoms with Crippen molar-refractivity contribution in [1.29, 1.82) is 0 Å². The molecule has 22 heavy (non-hydrogen) atoms. The van der Waals surface area contributed by atoms with Gasteiger partial charge in [0, 0.05) is 13.7 Å². The third-order valence-electron chi connectivity index (χ3n) is 2.88. The van der Waals surface area contributed by atoms with Crippen LogP contribution >= 0.6 is 38.5 Å². The average molecular weight is 472 g/mol. The number of carbonyl (C=O) groups is 1. The van der Waals surface area contributed by atoms with Gasteiger partial charge in [0.05, 0.1) is 12.8 Å². The van der Waals surface area contributed by atoms with Gasteiger partial charge >= 0.3 is 0 Å². The summed E-state index contributed by atoms with van der Waals surface area (Å²) >= 11 is 5.65. The summed E-state index contributed by atoms with van der Waals surface area (Å²) in [6, 6.07) is 13.7. The number of aryl methyl sites for hydroxylation is 1. The number of anilines is 1. The predicted octanol–water partition coefficient (Wildman–Crippen LogP) is 3.92.